The number of hydrogen-bond acceptors (Lipinski definition) is 7. The van der Waals surface area contributed by atoms with Crippen molar-refractivity contribution in [1.82, 2.24) is 14.0 Å². The number of fused-ring (bicyclic) bond motifs is 2. The van der Waals surface area contributed by atoms with Crippen LogP contribution < -0.4 is 11.0 Å². The summed E-state index contributed by atoms with van der Waals surface area (Å²) in [5.74, 6) is -1.29. The number of ether oxygens (including phenoxy) is 3. The van der Waals surface area contributed by atoms with Gasteiger partial charge in [0, 0.05) is 18.9 Å². The van der Waals surface area contributed by atoms with E-state index in [0.717, 1.165) is 18.4 Å². The van der Waals surface area contributed by atoms with Crippen molar-refractivity contribution in [3.8, 4) is 0 Å². The number of allylic oxidation sites excluding steroid dienone is 2. The summed E-state index contributed by atoms with van der Waals surface area (Å²) >= 11 is 0. The molecule has 4 heterocycles. The van der Waals surface area contributed by atoms with Crippen LogP contribution in [0.1, 0.15) is 35.7 Å². The van der Waals surface area contributed by atoms with Crippen LogP contribution in [0.15, 0.2) is 58.7 Å². The Morgan fingerprint density at radius 2 is 2.14 bits per heavy atom. The summed E-state index contributed by atoms with van der Waals surface area (Å²) in [5.41, 5.74) is 1.31. The summed E-state index contributed by atoms with van der Waals surface area (Å²) in [6.45, 7) is 4.53. The average molecular weight is 493 g/mol. The van der Waals surface area contributed by atoms with Crippen LogP contribution >= 0.6 is 0 Å². The molecule has 10 nitrogen and oxygen atoms in total. The number of pyridine rings is 2. The number of aromatic nitrogens is 3. The van der Waals surface area contributed by atoms with Gasteiger partial charge in [-0.15, -0.1) is 0 Å². The second-order valence-corrected chi connectivity index (χ2v) is 8.26. The lowest BCUT2D eigenvalue weighted by Crippen LogP contribution is -2.35. The Morgan fingerprint density at radius 1 is 1.31 bits per heavy atom. The minimum Gasteiger partial charge on any atom is -0.504 e. The van der Waals surface area contributed by atoms with E-state index in [2.05, 4.69) is 4.99 Å². The van der Waals surface area contributed by atoms with E-state index >= 15 is 0 Å². The van der Waals surface area contributed by atoms with Crippen LogP contribution in [0.25, 0.3) is 16.7 Å². The lowest BCUT2D eigenvalue weighted by Gasteiger charge is -2.18. The molecular weight excluding hydrogens is 464 g/mol. The molecule has 1 aliphatic heterocycles. The Bertz CT molecular complexity index is 1490. The van der Waals surface area contributed by atoms with Crippen LogP contribution in [0.5, 0.6) is 0 Å². The van der Waals surface area contributed by atoms with Crippen molar-refractivity contribution in [2.24, 2.45) is 4.99 Å². The van der Waals surface area contributed by atoms with E-state index in [-0.39, 0.29) is 41.3 Å². The molecule has 1 atom stereocenters. The van der Waals surface area contributed by atoms with Gasteiger partial charge in [-0.2, -0.15) is 4.99 Å². The second kappa shape index (κ2) is 11.1. The van der Waals surface area contributed by atoms with E-state index in [9.17, 15) is 14.4 Å². The van der Waals surface area contributed by atoms with E-state index in [4.69, 9.17) is 19.2 Å². The van der Waals surface area contributed by atoms with E-state index in [0.29, 0.717) is 17.9 Å². The molecule has 1 fully saturated rings. The Hall–Kier alpha value is -4.05. The number of esters is 1. The summed E-state index contributed by atoms with van der Waals surface area (Å²) in [6.07, 6.45) is 8.80. The molecule has 10 heteroatoms. The van der Waals surface area contributed by atoms with Gasteiger partial charge in [-0.05, 0) is 50.5 Å². The predicted molar refractivity (Wildman–Crippen MR) is 132 cm³/mol. The fourth-order valence-corrected chi connectivity index (χ4v) is 4.14. The number of amides is 1. The Labute approximate surface area is 207 Å². The number of rotatable bonds is 7. The molecule has 0 aromatic carbocycles. The van der Waals surface area contributed by atoms with Gasteiger partial charge in [0.2, 0.25) is 0 Å². The fraction of sp³-hybridized carbons (Fsp3) is 0.346. The van der Waals surface area contributed by atoms with Crippen molar-refractivity contribution in [1.29, 1.82) is 0 Å². The first-order valence-electron chi connectivity index (χ1n) is 11.7. The van der Waals surface area contributed by atoms with Crippen molar-refractivity contribution in [2.45, 2.75) is 39.3 Å². The molecule has 3 aromatic rings. The Kier molecular flexibility index (Phi) is 7.74. The maximum absolute atomic E-state index is 13.5. The first kappa shape index (κ1) is 25.1. The Morgan fingerprint density at radius 3 is 2.86 bits per heavy atom. The zero-order valence-electron chi connectivity index (χ0n) is 20.5. The van der Waals surface area contributed by atoms with Gasteiger partial charge in [0.15, 0.2) is 5.49 Å². The van der Waals surface area contributed by atoms with Gasteiger partial charge in [0.1, 0.15) is 16.9 Å². The quantitative estimate of drug-likeness (QED) is 0.164. The third-order valence-corrected chi connectivity index (χ3v) is 5.79. The SMILES string of the molecule is CCOC(=O)c1cc2c(=O)n3cccc(C)c3nc2n(CC2CCCO2)c1=NC(=O)C=CC=COC. The summed E-state index contributed by atoms with van der Waals surface area (Å²) in [5, 5.41) is 0.212. The van der Waals surface area contributed by atoms with Gasteiger partial charge in [0.25, 0.3) is 11.5 Å². The summed E-state index contributed by atoms with van der Waals surface area (Å²) in [6, 6.07) is 5.03. The minimum absolute atomic E-state index is 0.00281. The molecule has 1 saturated heterocycles. The monoisotopic (exact) mass is 492 g/mol. The molecule has 0 bridgehead atoms. The first-order chi connectivity index (χ1) is 17.4. The Balaban J connectivity index is 2.07. The third kappa shape index (κ3) is 5.13. The molecule has 1 amide bonds. The zero-order chi connectivity index (χ0) is 25.7. The molecule has 1 aliphatic rings. The zero-order valence-corrected chi connectivity index (χ0v) is 20.5. The van der Waals surface area contributed by atoms with Crippen LogP contribution in [0.4, 0.5) is 0 Å². The van der Waals surface area contributed by atoms with Crippen LogP contribution in [0.2, 0.25) is 0 Å². The molecule has 0 radical (unpaired) electrons. The van der Waals surface area contributed by atoms with E-state index in [1.165, 1.54) is 42.1 Å². The number of aryl methyl sites for hydroxylation is 1. The number of carbonyl (C=O) groups is 2. The molecule has 0 aliphatic carbocycles. The highest BCUT2D eigenvalue weighted by atomic mass is 16.5. The van der Waals surface area contributed by atoms with Gasteiger partial charge in [0.05, 0.1) is 38.0 Å². The van der Waals surface area contributed by atoms with Crippen LogP contribution in [-0.2, 0) is 25.5 Å². The first-order valence-corrected chi connectivity index (χ1v) is 11.7. The number of nitrogens with zero attached hydrogens (tertiary/aromatic N) is 4. The highest BCUT2D eigenvalue weighted by Crippen LogP contribution is 2.18. The standard InChI is InChI=1S/C26H28N4O6/c1-4-35-26(33)20-15-19-23(28-22-17(2)9-7-12-29(22)25(19)32)30(16-18-10-8-14-36-18)24(20)27-21(31)11-5-6-13-34-3/h5-7,9,11-13,15,18H,4,8,10,14,16H2,1-3H3. The average Bonchev–Trinajstić information content (AvgIpc) is 3.37. The van der Waals surface area contributed by atoms with Crippen LogP contribution in [0, 0.1) is 6.92 Å². The van der Waals surface area contributed by atoms with Crippen LogP contribution in [-0.4, -0.2) is 52.3 Å². The molecule has 0 spiro atoms. The van der Waals surface area contributed by atoms with Crippen molar-refractivity contribution in [2.75, 3.05) is 20.3 Å². The highest BCUT2D eigenvalue weighted by Gasteiger charge is 2.23. The number of carbonyl (C=O) groups excluding carboxylic acids is 2. The molecule has 188 valence electrons. The largest absolute Gasteiger partial charge is 0.504 e. The van der Waals surface area contributed by atoms with Crippen molar-refractivity contribution in [3.63, 3.8) is 0 Å². The fourth-order valence-electron chi connectivity index (χ4n) is 4.14. The molecule has 0 N–H and O–H groups in total. The highest BCUT2D eigenvalue weighted by molar-refractivity contribution is 5.94. The normalized spacial score (nSPS) is 16.5. The molecule has 1 unspecified atom stereocenters. The van der Waals surface area contributed by atoms with Crippen molar-refractivity contribution < 1.29 is 23.8 Å². The molecule has 3 aromatic heterocycles. The second-order valence-electron chi connectivity index (χ2n) is 8.26. The summed E-state index contributed by atoms with van der Waals surface area (Å²) in [4.78, 5) is 48.3. The molecule has 36 heavy (non-hydrogen) atoms. The maximum atomic E-state index is 13.5. The lowest BCUT2D eigenvalue weighted by atomic mass is 10.1. The van der Waals surface area contributed by atoms with Gasteiger partial charge in [-0.1, -0.05) is 12.1 Å². The summed E-state index contributed by atoms with van der Waals surface area (Å²) < 4.78 is 19.0. The smallest absolute Gasteiger partial charge is 0.341 e. The van der Waals surface area contributed by atoms with E-state index in [1.807, 2.05) is 13.0 Å². The van der Waals surface area contributed by atoms with Crippen molar-refractivity contribution in [3.05, 3.63) is 75.9 Å². The predicted octanol–water partition coefficient (Wildman–Crippen LogP) is 2.46. The van der Waals surface area contributed by atoms with E-state index in [1.54, 1.807) is 23.8 Å². The minimum atomic E-state index is -0.691. The number of hydrogen-bond donors (Lipinski definition) is 0. The van der Waals surface area contributed by atoms with Gasteiger partial charge in [-0.25, -0.2) is 9.78 Å². The lowest BCUT2D eigenvalue weighted by molar-refractivity contribution is -0.113. The topological polar surface area (TPSA) is 113 Å². The third-order valence-electron chi connectivity index (χ3n) is 5.79. The van der Waals surface area contributed by atoms with Crippen LogP contribution in [0.3, 0.4) is 0 Å². The summed E-state index contributed by atoms with van der Waals surface area (Å²) in [7, 11) is 1.49. The maximum Gasteiger partial charge on any atom is 0.341 e. The molecular formula is C26H28N4O6. The van der Waals surface area contributed by atoms with Gasteiger partial charge < -0.3 is 18.8 Å². The van der Waals surface area contributed by atoms with Gasteiger partial charge in [-0.3, -0.25) is 14.0 Å². The van der Waals surface area contributed by atoms with Crippen molar-refractivity contribution >= 4 is 28.6 Å². The van der Waals surface area contributed by atoms with Gasteiger partial charge >= 0.3 is 5.97 Å². The number of methoxy groups -OCH3 is 1. The molecule has 0 saturated carbocycles. The van der Waals surface area contributed by atoms with E-state index < -0.39 is 11.9 Å². The molecule has 4 rings (SSSR count).